The molecule has 0 spiro atoms. The van der Waals surface area contributed by atoms with Crippen LogP contribution in [-0.2, 0) is 0 Å². The Labute approximate surface area is 182 Å². The second kappa shape index (κ2) is 8.15. The Morgan fingerprint density at radius 1 is 1.00 bits per heavy atom. The Morgan fingerprint density at radius 2 is 1.78 bits per heavy atom. The minimum atomic E-state index is -0.781. The smallest absolute Gasteiger partial charge is 0.247 e. The molecule has 7 nitrogen and oxygen atoms in total. The molecule has 0 amide bonds. The van der Waals surface area contributed by atoms with E-state index in [4.69, 9.17) is 14.7 Å². The van der Waals surface area contributed by atoms with Crippen LogP contribution in [0.1, 0.15) is 12.5 Å². The first-order chi connectivity index (χ1) is 15.6. The van der Waals surface area contributed by atoms with Crippen molar-refractivity contribution in [2.24, 2.45) is 0 Å². The van der Waals surface area contributed by atoms with Crippen LogP contribution in [-0.4, -0.2) is 32.5 Å². The molecule has 0 unspecified atom stereocenters. The van der Waals surface area contributed by atoms with Gasteiger partial charge in [-0.15, -0.1) is 0 Å². The van der Waals surface area contributed by atoms with Gasteiger partial charge in [-0.05, 0) is 48.9 Å². The molecule has 160 valence electrons. The zero-order chi connectivity index (χ0) is 22.1. The van der Waals surface area contributed by atoms with Crippen LogP contribution in [0.15, 0.2) is 61.1 Å². The van der Waals surface area contributed by atoms with Crippen molar-refractivity contribution >= 4 is 11.0 Å². The van der Waals surface area contributed by atoms with Crippen LogP contribution in [0.25, 0.3) is 11.0 Å². The molecular weight excluding hydrogens is 416 g/mol. The Hall–Kier alpha value is -4.19. The maximum Gasteiger partial charge on any atom is 0.247 e. The fourth-order valence-corrected chi connectivity index (χ4v) is 3.78. The summed E-state index contributed by atoms with van der Waals surface area (Å²) < 4.78 is 40.4. The third-order valence-corrected chi connectivity index (χ3v) is 5.33. The van der Waals surface area contributed by atoms with E-state index >= 15 is 0 Å². The van der Waals surface area contributed by atoms with Gasteiger partial charge in [0.25, 0.3) is 0 Å². The number of likely N-dealkylation sites (tertiary alicyclic amines) is 1. The minimum Gasteiger partial charge on any atom is -0.454 e. The number of hydrogen-bond acceptors (Lipinski definition) is 6. The van der Waals surface area contributed by atoms with Gasteiger partial charge in [-0.1, -0.05) is 0 Å². The van der Waals surface area contributed by atoms with E-state index in [-0.39, 0.29) is 11.8 Å². The quantitative estimate of drug-likeness (QED) is 0.411. The molecule has 0 N–H and O–H groups in total. The Morgan fingerprint density at radius 3 is 2.50 bits per heavy atom. The SMILES string of the molecule is N#CN1CC[C@H](n2ccc3ncnc(Oc4ccc(Oc5ccc(F)cc5F)cc4)c32)C1. The molecule has 32 heavy (non-hydrogen) atoms. The fourth-order valence-electron chi connectivity index (χ4n) is 3.78. The highest BCUT2D eigenvalue weighted by molar-refractivity contribution is 5.81. The van der Waals surface area contributed by atoms with Crippen LogP contribution in [0, 0.1) is 23.1 Å². The number of benzene rings is 2. The zero-order valence-electron chi connectivity index (χ0n) is 16.8. The van der Waals surface area contributed by atoms with Gasteiger partial charge in [0.15, 0.2) is 17.8 Å². The van der Waals surface area contributed by atoms with Crippen LogP contribution >= 0.6 is 0 Å². The molecule has 3 heterocycles. The molecular formula is C23H17F2N5O2. The van der Waals surface area contributed by atoms with Crippen molar-refractivity contribution in [2.45, 2.75) is 12.5 Å². The number of nitrogens with zero attached hydrogens (tertiary/aromatic N) is 5. The number of ether oxygens (including phenoxy) is 2. The number of halogens is 2. The summed E-state index contributed by atoms with van der Waals surface area (Å²) in [6.07, 6.45) is 6.41. The third-order valence-electron chi connectivity index (χ3n) is 5.33. The summed E-state index contributed by atoms with van der Waals surface area (Å²) >= 11 is 0. The monoisotopic (exact) mass is 433 g/mol. The minimum absolute atomic E-state index is 0.0709. The zero-order valence-corrected chi connectivity index (χ0v) is 16.8. The van der Waals surface area contributed by atoms with E-state index in [1.807, 2.05) is 12.3 Å². The van der Waals surface area contributed by atoms with E-state index in [1.165, 1.54) is 12.4 Å². The lowest BCUT2D eigenvalue weighted by Gasteiger charge is -2.15. The molecule has 1 saturated heterocycles. The second-order valence-corrected chi connectivity index (χ2v) is 7.37. The molecule has 1 atom stereocenters. The maximum atomic E-state index is 13.8. The van der Waals surface area contributed by atoms with E-state index in [2.05, 4.69) is 20.7 Å². The highest BCUT2D eigenvalue weighted by Crippen LogP contribution is 2.33. The van der Waals surface area contributed by atoms with Crippen LogP contribution in [0.4, 0.5) is 8.78 Å². The lowest BCUT2D eigenvalue weighted by atomic mass is 10.2. The van der Waals surface area contributed by atoms with Crippen molar-refractivity contribution in [3.8, 4) is 29.3 Å². The molecule has 5 rings (SSSR count). The lowest BCUT2D eigenvalue weighted by Crippen LogP contribution is -2.15. The molecule has 1 aliphatic rings. The Bertz CT molecular complexity index is 1320. The first-order valence-electron chi connectivity index (χ1n) is 9.98. The summed E-state index contributed by atoms with van der Waals surface area (Å²) in [4.78, 5) is 10.3. The summed E-state index contributed by atoms with van der Waals surface area (Å²) in [5.74, 6) is -0.239. The number of nitriles is 1. The second-order valence-electron chi connectivity index (χ2n) is 7.37. The van der Waals surface area contributed by atoms with E-state index in [0.717, 1.165) is 29.6 Å². The predicted molar refractivity (Wildman–Crippen MR) is 111 cm³/mol. The highest BCUT2D eigenvalue weighted by atomic mass is 19.1. The van der Waals surface area contributed by atoms with Gasteiger partial charge < -0.3 is 18.9 Å². The summed E-state index contributed by atoms with van der Waals surface area (Å²) in [6.45, 7) is 1.33. The van der Waals surface area contributed by atoms with E-state index in [1.54, 1.807) is 29.2 Å². The van der Waals surface area contributed by atoms with Crippen LogP contribution < -0.4 is 9.47 Å². The topological polar surface area (TPSA) is 76.2 Å². The largest absolute Gasteiger partial charge is 0.454 e. The molecule has 1 fully saturated rings. The van der Waals surface area contributed by atoms with Gasteiger partial charge in [-0.25, -0.2) is 13.8 Å². The van der Waals surface area contributed by atoms with Crippen LogP contribution in [0.2, 0.25) is 0 Å². The van der Waals surface area contributed by atoms with E-state index < -0.39 is 11.6 Å². The van der Waals surface area contributed by atoms with Gasteiger partial charge in [0.1, 0.15) is 29.2 Å². The number of hydrogen-bond donors (Lipinski definition) is 0. The molecule has 0 radical (unpaired) electrons. The molecule has 1 aliphatic heterocycles. The normalized spacial score (nSPS) is 15.7. The lowest BCUT2D eigenvalue weighted by molar-refractivity contribution is 0.432. The van der Waals surface area contributed by atoms with Gasteiger partial charge in [0, 0.05) is 25.4 Å². The number of rotatable bonds is 5. The molecule has 4 aromatic rings. The Kier molecular flexibility index (Phi) is 5.03. The molecule has 9 heteroatoms. The van der Waals surface area contributed by atoms with Crippen molar-refractivity contribution in [1.82, 2.24) is 19.4 Å². The molecule has 0 aliphatic carbocycles. The van der Waals surface area contributed by atoms with E-state index in [9.17, 15) is 8.78 Å². The molecule has 2 aromatic heterocycles. The van der Waals surface area contributed by atoms with Crippen molar-refractivity contribution in [2.75, 3.05) is 13.1 Å². The predicted octanol–water partition coefficient (Wildman–Crippen LogP) is 5.02. The van der Waals surface area contributed by atoms with Crippen molar-refractivity contribution in [3.63, 3.8) is 0 Å². The summed E-state index contributed by atoms with van der Waals surface area (Å²) in [5.41, 5.74) is 1.50. The van der Waals surface area contributed by atoms with Gasteiger partial charge in [0.05, 0.1) is 11.6 Å². The maximum absolute atomic E-state index is 13.8. The van der Waals surface area contributed by atoms with Gasteiger partial charge in [-0.2, -0.15) is 10.2 Å². The van der Waals surface area contributed by atoms with Crippen molar-refractivity contribution < 1.29 is 18.3 Å². The summed E-state index contributed by atoms with van der Waals surface area (Å²) in [7, 11) is 0. The molecule has 0 saturated carbocycles. The van der Waals surface area contributed by atoms with Gasteiger partial charge in [-0.3, -0.25) is 0 Å². The number of aromatic nitrogens is 3. The fraction of sp³-hybridized carbons (Fsp3) is 0.174. The van der Waals surface area contributed by atoms with Gasteiger partial charge >= 0.3 is 0 Å². The average molecular weight is 433 g/mol. The molecule has 0 bridgehead atoms. The summed E-state index contributed by atoms with van der Waals surface area (Å²) in [5, 5.41) is 9.16. The third kappa shape index (κ3) is 3.78. The van der Waals surface area contributed by atoms with Crippen LogP contribution in [0.3, 0.4) is 0 Å². The summed E-state index contributed by atoms with van der Waals surface area (Å²) in [6, 6.07) is 11.7. The number of fused-ring (bicyclic) bond motifs is 1. The standard InChI is InChI=1S/C23H17F2N5O2/c24-15-1-6-21(19(25)11-15)31-17-2-4-18(5-3-17)32-23-22-20(27-14-28-23)8-10-30(22)16-7-9-29(12-16)13-26/h1-6,8,10-11,14,16H,7,9,12H2/t16-/m0/s1. The van der Waals surface area contributed by atoms with Crippen LogP contribution in [0.5, 0.6) is 23.1 Å². The van der Waals surface area contributed by atoms with Gasteiger partial charge in [0.2, 0.25) is 5.88 Å². The molecule has 2 aromatic carbocycles. The first kappa shape index (κ1) is 19.8. The Balaban J connectivity index is 1.38. The van der Waals surface area contributed by atoms with E-state index in [0.29, 0.717) is 30.5 Å². The highest BCUT2D eigenvalue weighted by Gasteiger charge is 2.25. The van der Waals surface area contributed by atoms with Crippen molar-refractivity contribution in [1.29, 1.82) is 5.26 Å². The van der Waals surface area contributed by atoms with Crippen molar-refractivity contribution in [3.05, 3.63) is 72.7 Å². The first-order valence-corrected chi connectivity index (χ1v) is 9.98. The average Bonchev–Trinajstić information content (AvgIpc) is 3.44.